The summed E-state index contributed by atoms with van der Waals surface area (Å²) in [4.78, 5) is 6.87. The first-order chi connectivity index (χ1) is 9.81. The lowest BCUT2D eigenvalue weighted by Gasteiger charge is -2.31. The van der Waals surface area contributed by atoms with Gasteiger partial charge in [-0.15, -0.1) is 0 Å². The number of aromatic nitrogens is 2. The number of piperidine rings is 1. The van der Waals surface area contributed by atoms with Crippen molar-refractivity contribution in [3.8, 4) is 0 Å². The molecule has 1 aliphatic heterocycles. The second kappa shape index (κ2) is 8.37. The molecule has 0 saturated carbocycles. The zero-order chi connectivity index (χ0) is 14.2. The Morgan fingerprint density at radius 2 is 2.05 bits per heavy atom. The van der Waals surface area contributed by atoms with Gasteiger partial charge < -0.3 is 9.84 Å². The van der Waals surface area contributed by atoms with Crippen molar-refractivity contribution in [1.29, 1.82) is 0 Å². The van der Waals surface area contributed by atoms with E-state index in [1.165, 1.54) is 25.8 Å². The van der Waals surface area contributed by atoms with Crippen LogP contribution < -0.4 is 5.32 Å². The van der Waals surface area contributed by atoms with Gasteiger partial charge in [0.05, 0.1) is 6.54 Å². The second-order valence-electron chi connectivity index (χ2n) is 5.78. The fourth-order valence-corrected chi connectivity index (χ4v) is 2.70. The standard InChI is InChI=1S/C15H28N4O/c1-3-5-14-17-15(20-18-14)12-19-9-6-13(7-10-19)11-16-8-4-2/h13,16H,3-12H2,1-2H3. The summed E-state index contributed by atoms with van der Waals surface area (Å²) in [5.74, 6) is 2.45. The Hall–Kier alpha value is -0.940. The lowest BCUT2D eigenvalue weighted by molar-refractivity contribution is 0.158. The van der Waals surface area contributed by atoms with Gasteiger partial charge in [-0.1, -0.05) is 19.0 Å². The van der Waals surface area contributed by atoms with Crippen molar-refractivity contribution < 1.29 is 4.52 Å². The molecule has 0 aromatic carbocycles. The fraction of sp³-hybridized carbons (Fsp3) is 0.867. The van der Waals surface area contributed by atoms with Crippen LogP contribution in [0.5, 0.6) is 0 Å². The van der Waals surface area contributed by atoms with Crippen LogP contribution in [0.4, 0.5) is 0 Å². The lowest BCUT2D eigenvalue weighted by atomic mass is 9.97. The van der Waals surface area contributed by atoms with Crippen LogP contribution in [0, 0.1) is 5.92 Å². The van der Waals surface area contributed by atoms with Gasteiger partial charge in [0.25, 0.3) is 0 Å². The first-order valence-corrected chi connectivity index (χ1v) is 8.06. The highest BCUT2D eigenvalue weighted by Gasteiger charge is 2.20. The van der Waals surface area contributed by atoms with Crippen LogP contribution in [0.2, 0.25) is 0 Å². The number of hydrogen-bond donors (Lipinski definition) is 1. The number of likely N-dealkylation sites (tertiary alicyclic amines) is 1. The Morgan fingerprint density at radius 1 is 1.25 bits per heavy atom. The van der Waals surface area contributed by atoms with Crippen molar-refractivity contribution in [1.82, 2.24) is 20.4 Å². The predicted octanol–water partition coefficient (Wildman–Crippen LogP) is 2.23. The number of aryl methyl sites for hydroxylation is 1. The van der Waals surface area contributed by atoms with E-state index in [4.69, 9.17) is 4.52 Å². The number of nitrogens with zero attached hydrogens (tertiary/aromatic N) is 3. The molecule has 1 aliphatic rings. The molecule has 1 aromatic rings. The summed E-state index contributed by atoms with van der Waals surface area (Å²) in [6.45, 7) is 9.76. The van der Waals surface area contributed by atoms with E-state index in [9.17, 15) is 0 Å². The average molecular weight is 280 g/mol. The molecule has 5 nitrogen and oxygen atoms in total. The van der Waals surface area contributed by atoms with E-state index in [1.807, 2.05) is 0 Å². The van der Waals surface area contributed by atoms with E-state index in [1.54, 1.807) is 0 Å². The van der Waals surface area contributed by atoms with E-state index in [-0.39, 0.29) is 0 Å². The molecule has 0 spiro atoms. The van der Waals surface area contributed by atoms with E-state index in [2.05, 4.69) is 34.2 Å². The van der Waals surface area contributed by atoms with Crippen molar-refractivity contribution >= 4 is 0 Å². The molecule has 1 saturated heterocycles. The molecule has 5 heteroatoms. The molecule has 1 N–H and O–H groups in total. The molecule has 0 amide bonds. The van der Waals surface area contributed by atoms with Gasteiger partial charge in [0, 0.05) is 6.42 Å². The molecular formula is C15H28N4O. The maximum absolute atomic E-state index is 5.31. The quantitative estimate of drug-likeness (QED) is 0.740. The minimum absolute atomic E-state index is 0.774. The summed E-state index contributed by atoms with van der Waals surface area (Å²) >= 11 is 0. The Morgan fingerprint density at radius 3 is 2.75 bits per heavy atom. The van der Waals surface area contributed by atoms with Gasteiger partial charge in [-0.3, -0.25) is 4.90 Å². The topological polar surface area (TPSA) is 54.2 Å². The van der Waals surface area contributed by atoms with Crippen molar-refractivity contribution in [2.75, 3.05) is 26.2 Å². The number of nitrogens with one attached hydrogen (secondary N) is 1. The molecule has 0 bridgehead atoms. The van der Waals surface area contributed by atoms with Crippen LogP contribution in [0.1, 0.15) is 51.2 Å². The molecule has 1 aromatic heterocycles. The van der Waals surface area contributed by atoms with Crippen LogP contribution in [0.15, 0.2) is 4.52 Å². The molecule has 0 atom stereocenters. The Balaban J connectivity index is 1.68. The Labute approximate surface area is 122 Å². The van der Waals surface area contributed by atoms with Crippen molar-refractivity contribution in [2.45, 2.75) is 52.5 Å². The van der Waals surface area contributed by atoms with E-state index in [0.717, 1.165) is 56.7 Å². The summed E-state index contributed by atoms with van der Waals surface area (Å²) in [7, 11) is 0. The summed E-state index contributed by atoms with van der Waals surface area (Å²) in [6, 6.07) is 0. The summed E-state index contributed by atoms with van der Waals surface area (Å²) in [5.41, 5.74) is 0. The van der Waals surface area contributed by atoms with E-state index >= 15 is 0 Å². The summed E-state index contributed by atoms with van der Waals surface area (Å²) in [5, 5.41) is 7.54. The number of rotatable bonds is 8. The maximum Gasteiger partial charge on any atom is 0.240 e. The largest absolute Gasteiger partial charge is 0.338 e. The molecule has 0 aliphatic carbocycles. The van der Waals surface area contributed by atoms with Gasteiger partial charge in [-0.05, 0) is 57.8 Å². The van der Waals surface area contributed by atoms with Crippen molar-refractivity contribution in [3.05, 3.63) is 11.7 Å². The zero-order valence-corrected chi connectivity index (χ0v) is 12.9. The van der Waals surface area contributed by atoms with Crippen molar-refractivity contribution in [2.24, 2.45) is 5.92 Å². The molecular weight excluding hydrogens is 252 g/mol. The van der Waals surface area contributed by atoms with Crippen LogP contribution in [0.3, 0.4) is 0 Å². The zero-order valence-electron chi connectivity index (χ0n) is 12.9. The van der Waals surface area contributed by atoms with Crippen LogP contribution >= 0.6 is 0 Å². The predicted molar refractivity (Wildman–Crippen MR) is 79.5 cm³/mol. The Kier molecular flexibility index (Phi) is 6.47. The minimum Gasteiger partial charge on any atom is -0.338 e. The molecule has 0 unspecified atom stereocenters. The fourth-order valence-electron chi connectivity index (χ4n) is 2.70. The maximum atomic E-state index is 5.31. The highest BCUT2D eigenvalue weighted by molar-refractivity contribution is 4.87. The smallest absolute Gasteiger partial charge is 0.240 e. The lowest BCUT2D eigenvalue weighted by Crippen LogP contribution is -2.37. The molecule has 2 rings (SSSR count). The van der Waals surface area contributed by atoms with Gasteiger partial charge in [0.15, 0.2) is 5.82 Å². The second-order valence-corrected chi connectivity index (χ2v) is 5.78. The van der Waals surface area contributed by atoms with Gasteiger partial charge in [-0.25, -0.2) is 0 Å². The summed E-state index contributed by atoms with van der Waals surface area (Å²) < 4.78 is 5.31. The number of hydrogen-bond acceptors (Lipinski definition) is 5. The van der Waals surface area contributed by atoms with Crippen molar-refractivity contribution in [3.63, 3.8) is 0 Å². The normalized spacial score (nSPS) is 17.7. The average Bonchev–Trinajstić information content (AvgIpc) is 2.89. The third-order valence-corrected chi connectivity index (χ3v) is 3.91. The Bertz CT molecular complexity index is 372. The van der Waals surface area contributed by atoms with Gasteiger partial charge >= 0.3 is 0 Å². The minimum atomic E-state index is 0.774. The first-order valence-electron chi connectivity index (χ1n) is 8.06. The highest BCUT2D eigenvalue weighted by Crippen LogP contribution is 2.18. The highest BCUT2D eigenvalue weighted by atomic mass is 16.5. The SMILES string of the molecule is CCCNCC1CCN(Cc2nc(CCC)no2)CC1. The van der Waals surface area contributed by atoms with E-state index in [0.29, 0.717) is 0 Å². The van der Waals surface area contributed by atoms with Gasteiger partial charge in [-0.2, -0.15) is 4.98 Å². The first kappa shape index (κ1) is 15.4. The molecule has 114 valence electrons. The molecule has 2 heterocycles. The van der Waals surface area contributed by atoms with Crippen LogP contribution in [-0.2, 0) is 13.0 Å². The van der Waals surface area contributed by atoms with Gasteiger partial charge in [0.1, 0.15) is 0 Å². The van der Waals surface area contributed by atoms with E-state index < -0.39 is 0 Å². The molecule has 1 fully saturated rings. The monoisotopic (exact) mass is 280 g/mol. The molecule has 20 heavy (non-hydrogen) atoms. The molecule has 0 radical (unpaired) electrons. The third kappa shape index (κ3) is 4.87. The van der Waals surface area contributed by atoms with Crippen LogP contribution in [-0.4, -0.2) is 41.2 Å². The summed E-state index contributed by atoms with van der Waals surface area (Å²) in [6.07, 6.45) is 5.74. The van der Waals surface area contributed by atoms with Crippen LogP contribution in [0.25, 0.3) is 0 Å². The van der Waals surface area contributed by atoms with Gasteiger partial charge in [0.2, 0.25) is 5.89 Å². The third-order valence-electron chi connectivity index (χ3n) is 3.91.